The zero-order valence-electron chi connectivity index (χ0n) is 9.60. The van der Waals surface area contributed by atoms with Crippen molar-refractivity contribution in [2.24, 2.45) is 0 Å². The molecule has 1 N–H and O–H groups in total. The average Bonchev–Trinajstić information content (AvgIpc) is 2.18. The molecule has 1 heterocycles. The molecule has 0 amide bonds. The van der Waals surface area contributed by atoms with Gasteiger partial charge in [0.1, 0.15) is 4.75 Å². The highest BCUT2D eigenvalue weighted by molar-refractivity contribution is 7.90. The number of likely N-dealkylation sites (N-methyl/N-ethyl adjacent to an activating group) is 1. The van der Waals surface area contributed by atoms with E-state index in [-0.39, 0.29) is 6.61 Å². The number of nitrogens with zero attached hydrogens (tertiary/aromatic N) is 2. The molecule has 15 heavy (non-hydrogen) atoms. The van der Waals surface area contributed by atoms with Gasteiger partial charge in [0.15, 0.2) is 0 Å². The fourth-order valence-electron chi connectivity index (χ4n) is 1.46. The molecule has 1 saturated heterocycles. The molecule has 1 aliphatic rings. The third kappa shape index (κ3) is 2.50. The second-order valence-electron chi connectivity index (χ2n) is 4.63. The van der Waals surface area contributed by atoms with Crippen LogP contribution < -0.4 is 0 Å². The summed E-state index contributed by atoms with van der Waals surface area (Å²) in [4.78, 5) is 2.10. The maximum atomic E-state index is 12.1. The third-order valence-corrected chi connectivity index (χ3v) is 5.45. The lowest BCUT2D eigenvalue weighted by Crippen LogP contribution is -2.53. The number of hydrogen-bond acceptors (Lipinski definition) is 4. The highest BCUT2D eigenvalue weighted by atomic mass is 32.2. The predicted octanol–water partition coefficient (Wildman–Crippen LogP) is -0.665. The highest BCUT2D eigenvalue weighted by Gasteiger charge is 2.39. The number of hydrogen-bond donors (Lipinski definition) is 1. The summed E-state index contributed by atoms with van der Waals surface area (Å²) in [6, 6.07) is 0. The summed E-state index contributed by atoms with van der Waals surface area (Å²) in [5.41, 5.74) is 0. The topological polar surface area (TPSA) is 60.9 Å². The normalized spacial score (nSPS) is 21.9. The Hall–Kier alpha value is -0.170. The molecule has 0 aromatic rings. The van der Waals surface area contributed by atoms with Crippen LogP contribution >= 0.6 is 0 Å². The van der Waals surface area contributed by atoms with Gasteiger partial charge in [-0.1, -0.05) is 0 Å². The van der Waals surface area contributed by atoms with Crippen molar-refractivity contribution in [1.82, 2.24) is 9.21 Å². The van der Waals surface area contributed by atoms with E-state index >= 15 is 0 Å². The van der Waals surface area contributed by atoms with Crippen molar-refractivity contribution in [2.75, 3.05) is 39.8 Å². The summed E-state index contributed by atoms with van der Waals surface area (Å²) in [5.74, 6) is 0. The molecule has 1 rings (SSSR count). The summed E-state index contributed by atoms with van der Waals surface area (Å²) in [6.07, 6.45) is 0. The summed E-state index contributed by atoms with van der Waals surface area (Å²) in [6.45, 7) is 5.30. The minimum absolute atomic E-state index is 0.346. The molecule has 0 saturated carbocycles. The molecule has 6 heteroatoms. The van der Waals surface area contributed by atoms with Gasteiger partial charge in [0.25, 0.3) is 0 Å². The largest absolute Gasteiger partial charge is 0.395 e. The lowest BCUT2D eigenvalue weighted by molar-refractivity contribution is 0.208. The van der Waals surface area contributed by atoms with Crippen LogP contribution in [0.15, 0.2) is 0 Å². The molecule has 90 valence electrons. The first-order valence-electron chi connectivity index (χ1n) is 5.10. The first kappa shape index (κ1) is 12.9. The first-order valence-corrected chi connectivity index (χ1v) is 6.54. The summed E-state index contributed by atoms with van der Waals surface area (Å²) >= 11 is 0. The number of aliphatic hydroxyl groups excluding tert-OH is 1. The van der Waals surface area contributed by atoms with Crippen molar-refractivity contribution in [3.63, 3.8) is 0 Å². The molecule has 0 unspecified atom stereocenters. The summed E-state index contributed by atoms with van der Waals surface area (Å²) in [5, 5.41) is 9.10. The Morgan fingerprint density at radius 3 is 2.07 bits per heavy atom. The Bertz CT molecular complexity index is 305. The molecular formula is C9H20N2O3S. The molecule has 0 bridgehead atoms. The van der Waals surface area contributed by atoms with Crippen LogP contribution in [0.3, 0.4) is 0 Å². The van der Waals surface area contributed by atoms with Crippen LogP contribution in [-0.4, -0.2) is 67.3 Å². The van der Waals surface area contributed by atoms with Crippen molar-refractivity contribution < 1.29 is 13.5 Å². The van der Waals surface area contributed by atoms with Crippen LogP contribution in [-0.2, 0) is 10.0 Å². The Labute approximate surface area is 91.7 Å². The molecule has 0 atom stereocenters. The van der Waals surface area contributed by atoms with Crippen molar-refractivity contribution in [1.29, 1.82) is 0 Å². The van der Waals surface area contributed by atoms with Crippen molar-refractivity contribution in [2.45, 2.75) is 18.6 Å². The molecule has 5 nitrogen and oxygen atoms in total. The van der Waals surface area contributed by atoms with E-state index in [9.17, 15) is 8.42 Å². The van der Waals surface area contributed by atoms with Gasteiger partial charge >= 0.3 is 0 Å². The van der Waals surface area contributed by atoms with Crippen LogP contribution in [0.5, 0.6) is 0 Å². The first-order chi connectivity index (χ1) is 6.81. The van der Waals surface area contributed by atoms with Crippen LogP contribution in [0.1, 0.15) is 13.8 Å². The van der Waals surface area contributed by atoms with Crippen LogP contribution in [0, 0.1) is 0 Å². The fraction of sp³-hybridized carbons (Fsp3) is 1.00. The van der Waals surface area contributed by atoms with Crippen LogP contribution in [0.4, 0.5) is 0 Å². The van der Waals surface area contributed by atoms with Crippen LogP contribution in [0.2, 0.25) is 0 Å². The number of rotatable bonds is 3. The van der Waals surface area contributed by atoms with E-state index in [1.54, 1.807) is 13.8 Å². The van der Waals surface area contributed by atoms with E-state index < -0.39 is 14.8 Å². The van der Waals surface area contributed by atoms with E-state index in [0.717, 1.165) is 13.1 Å². The van der Waals surface area contributed by atoms with E-state index in [4.69, 9.17) is 5.11 Å². The fourth-order valence-corrected chi connectivity index (χ4v) is 2.97. The second-order valence-corrected chi connectivity index (χ2v) is 7.20. The lowest BCUT2D eigenvalue weighted by Gasteiger charge is -2.36. The van der Waals surface area contributed by atoms with E-state index in [2.05, 4.69) is 4.90 Å². The van der Waals surface area contributed by atoms with Crippen molar-refractivity contribution >= 4 is 10.0 Å². The molecule has 0 aromatic carbocycles. The maximum Gasteiger partial charge on any atom is 0.221 e. The summed E-state index contributed by atoms with van der Waals surface area (Å²) < 4.78 is 24.6. The van der Waals surface area contributed by atoms with Gasteiger partial charge in [-0.05, 0) is 20.9 Å². The molecule has 0 spiro atoms. The van der Waals surface area contributed by atoms with Gasteiger partial charge in [0.05, 0.1) is 6.61 Å². The molecule has 0 aliphatic carbocycles. The Morgan fingerprint density at radius 1 is 1.20 bits per heavy atom. The minimum atomic E-state index is -3.38. The minimum Gasteiger partial charge on any atom is -0.395 e. The average molecular weight is 236 g/mol. The highest BCUT2D eigenvalue weighted by Crippen LogP contribution is 2.21. The monoisotopic (exact) mass is 236 g/mol. The smallest absolute Gasteiger partial charge is 0.221 e. The molecule has 0 aromatic heterocycles. The molecular weight excluding hydrogens is 216 g/mol. The quantitative estimate of drug-likeness (QED) is 0.706. The van der Waals surface area contributed by atoms with Gasteiger partial charge in [-0.25, -0.2) is 8.42 Å². The Balaban J connectivity index is 2.79. The maximum absolute atomic E-state index is 12.1. The zero-order valence-corrected chi connectivity index (χ0v) is 10.4. The van der Waals surface area contributed by atoms with Gasteiger partial charge < -0.3 is 10.0 Å². The number of aliphatic hydroxyl groups is 1. The predicted molar refractivity (Wildman–Crippen MR) is 59.2 cm³/mol. The van der Waals surface area contributed by atoms with Crippen molar-refractivity contribution in [3.8, 4) is 0 Å². The lowest BCUT2D eigenvalue weighted by atomic mass is 10.2. The van der Waals surface area contributed by atoms with E-state index in [1.807, 2.05) is 7.05 Å². The van der Waals surface area contributed by atoms with E-state index in [1.165, 1.54) is 4.31 Å². The van der Waals surface area contributed by atoms with Gasteiger partial charge in [-0.3, -0.25) is 0 Å². The standard InChI is InChI=1S/C9H20N2O3S/c1-9(2,8-12)15(13,14)11-6-4-10(3)5-7-11/h12H,4-8H2,1-3H3. The van der Waals surface area contributed by atoms with Crippen molar-refractivity contribution in [3.05, 3.63) is 0 Å². The number of piperazine rings is 1. The third-order valence-electron chi connectivity index (χ3n) is 2.88. The van der Waals surface area contributed by atoms with Gasteiger partial charge in [0, 0.05) is 26.2 Å². The Morgan fingerprint density at radius 2 is 1.67 bits per heavy atom. The molecule has 0 radical (unpaired) electrons. The van der Waals surface area contributed by atoms with Gasteiger partial charge in [-0.2, -0.15) is 4.31 Å². The molecule has 1 aliphatic heterocycles. The van der Waals surface area contributed by atoms with E-state index in [0.29, 0.717) is 13.1 Å². The second kappa shape index (κ2) is 4.37. The van der Waals surface area contributed by atoms with Gasteiger partial charge in [-0.15, -0.1) is 0 Å². The SMILES string of the molecule is CN1CCN(S(=O)(=O)C(C)(C)CO)CC1. The Kier molecular flexibility index (Phi) is 3.76. The number of sulfonamides is 1. The zero-order chi connectivity index (χ0) is 11.7. The van der Waals surface area contributed by atoms with Crippen LogP contribution in [0.25, 0.3) is 0 Å². The van der Waals surface area contributed by atoms with Gasteiger partial charge in [0.2, 0.25) is 10.0 Å². The molecule has 1 fully saturated rings. The summed E-state index contributed by atoms with van der Waals surface area (Å²) in [7, 11) is -1.41.